The molecule has 69 heavy (non-hydrogen) atoms. The van der Waals surface area contributed by atoms with Gasteiger partial charge in [0.05, 0.1) is 0 Å². The van der Waals surface area contributed by atoms with Gasteiger partial charge in [-0.05, 0) is 150 Å². The summed E-state index contributed by atoms with van der Waals surface area (Å²) in [7, 11) is 0. The average molecular weight is 907 g/mol. The lowest BCUT2D eigenvalue weighted by Crippen LogP contribution is -2.55. The predicted molar refractivity (Wildman–Crippen MR) is 306 cm³/mol. The maximum atomic E-state index is 2.52. The van der Waals surface area contributed by atoms with Gasteiger partial charge in [0.2, 0.25) is 13.4 Å². The molecule has 0 radical (unpaired) electrons. The fourth-order valence-electron chi connectivity index (χ4n) is 13.1. The van der Waals surface area contributed by atoms with E-state index in [1.807, 2.05) is 11.8 Å². The molecule has 1 aliphatic heterocycles. The second kappa shape index (κ2) is 17.1. The van der Waals surface area contributed by atoms with Gasteiger partial charge in [-0.1, -0.05) is 239 Å². The highest BCUT2D eigenvalue weighted by molar-refractivity contribution is 7.99. The van der Waals surface area contributed by atoms with Gasteiger partial charge >= 0.3 is 0 Å². The Labute approximate surface area is 415 Å². The minimum Gasteiger partial charge on any atom is -0.0888 e. The van der Waals surface area contributed by atoms with Crippen molar-refractivity contribution in [2.45, 2.75) is 92.9 Å². The van der Waals surface area contributed by atoms with Gasteiger partial charge in [0, 0.05) is 15.2 Å². The first-order valence-corrected chi connectivity index (χ1v) is 25.6. The summed E-state index contributed by atoms with van der Waals surface area (Å²) in [6.07, 6.45) is 0. The molecule has 0 saturated carbocycles. The highest BCUT2D eigenvalue weighted by Gasteiger charge is 2.32. The van der Waals surface area contributed by atoms with Crippen LogP contribution < -0.4 is 32.8 Å². The molecule has 0 N–H and O–H groups in total. The summed E-state index contributed by atoms with van der Waals surface area (Å²) in [6.45, 7) is 27.5. The predicted octanol–water partition coefficient (Wildman–Crippen LogP) is 13.7. The largest absolute Gasteiger partial charge is 0.242 e. The van der Waals surface area contributed by atoms with Crippen molar-refractivity contribution in [1.29, 1.82) is 0 Å². The van der Waals surface area contributed by atoms with E-state index in [4.69, 9.17) is 0 Å². The number of aryl methyl sites for hydroxylation is 12. The number of hydrogen-bond donors (Lipinski definition) is 0. The second-order valence-electron chi connectivity index (χ2n) is 20.8. The lowest BCUT2D eigenvalue weighted by molar-refractivity contribution is 1.33. The molecule has 0 fully saturated rings. The van der Waals surface area contributed by atoms with E-state index in [1.165, 1.54) is 164 Å². The fourth-order valence-corrected chi connectivity index (χ4v) is 14.3. The van der Waals surface area contributed by atoms with Crippen molar-refractivity contribution in [3.8, 4) is 22.3 Å². The van der Waals surface area contributed by atoms with Crippen LogP contribution in [0.2, 0.25) is 0 Å². The van der Waals surface area contributed by atoms with E-state index >= 15 is 0 Å². The van der Waals surface area contributed by atoms with Crippen LogP contribution in [-0.2, 0) is 0 Å². The van der Waals surface area contributed by atoms with Crippen LogP contribution in [0.25, 0.3) is 54.6 Å². The smallest absolute Gasteiger partial charge is 0.0888 e. The van der Waals surface area contributed by atoms with Gasteiger partial charge in [0.25, 0.3) is 0 Å². The first-order valence-electron chi connectivity index (χ1n) is 24.8. The van der Waals surface area contributed by atoms with Crippen LogP contribution in [0.1, 0.15) is 66.8 Å². The van der Waals surface area contributed by atoms with E-state index in [-0.39, 0.29) is 13.4 Å². The van der Waals surface area contributed by atoms with Crippen molar-refractivity contribution in [2.75, 3.05) is 0 Å². The second-order valence-corrected chi connectivity index (χ2v) is 21.8. The molecule has 11 rings (SSSR count). The first kappa shape index (κ1) is 44.9. The van der Waals surface area contributed by atoms with Gasteiger partial charge in [0.15, 0.2) is 0 Å². The van der Waals surface area contributed by atoms with E-state index in [0.29, 0.717) is 0 Å². The summed E-state index contributed by atoms with van der Waals surface area (Å²) in [4.78, 5) is 2.65. The Morgan fingerprint density at radius 2 is 0.696 bits per heavy atom. The summed E-state index contributed by atoms with van der Waals surface area (Å²) >= 11 is 1.94. The molecule has 0 nitrogen and oxygen atoms in total. The number of benzene rings is 10. The van der Waals surface area contributed by atoms with Crippen molar-refractivity contribution in [3.63, 3.8) is 0 Å². The summed E-state index contributed by atoms with van der Waals surface area (Å²) in [5, 5.41) is 7.85. The molecular weight excluding hydrogens is 846 g/mol. The molecule has 0 spiro atoms. The van der Waals surface area contributed by atoms with E-state index in [9.17, 15) is 0 Å². The molecule has 10 aromatic carbocycles. The Morgan fingerprint density at radius 1 is 0.290 bits per heavy atom. The standard InChI is InChI=1S/C66H60B2S/c1-37-26-41(5)63(42(6)27-37)67(64-43(7)28-38(2)29-44(64)8)50-22-20-49(21-23-50)56-35-58-55-18-15-19-60-62(55)59(36-57(58)53-17-14-13-16-52(53)56)54-25-24-51(34-61(54)69-60)68(65-45(9)30-39(3)31-46(65)10)66-47(11)32-40(4)33-48(66)12/h13-36H,1-12H3. The summed E-state index contributed by atoms with van der Waals surface area (Å²) in [5.74, 6) is 0. The zero-order valence-corrected chi connectivity index (χ0v) is 43.2. The Bertz CT molecular complexity index is 3570. The maximum Gasteiger partial charge on any atom is 0.242 e. The molecule has 10 aromatic rings. The molecule has 336 valence electrons. The van der Waals surface area contributed by atoms with E-state index in [1.54, 1.807) is 0 Å². The quantitative estimate of drug-likeness (QED) is 0.113. The molecule has 0 saturated heterocycles. The van der Waals surface area contributed by atoms with Crippen LogP contribution in [0.15, 0.2) is 155 Å². The minimum absolute atomic E-state index is 0.125. The SMILES string of the molecule is Cc1cc(C)c(B(c2ccc(-c3cc4c5cccc6c5c(cc4c4ccccc34)-c3ccc(B(c4c(C)cc(C)cc4C)c4c(C)cc(C)cc4C)cc3S6)cc2)c2c(C)cc(C)cc2C)c(C)c1. The van der Waals surface area contributed by atoms with Crippen molar-refractivity contribution < 1.29 is 0 Å². The van der Waals surface area contributed by atoms with Crippen molar-refractivity contribution in [3.05, 3.63) is 212 Å². The van der Waals surface area contributed by atoms with Crippen LogP contribution in [0.3, 0.4) is 0 Å². The normalized spacial score (nSPS) is 12.0. The monoisotopic (exact) mass is 906 g/mol. The third-order valence-electron chi connectivity index (χ3n) is 15.5. The Hall–Kier alpha value is -6.54. The zero-order chi connectivity index (χ0) is 48.2. The van der Waals surface area contributed by atoms with Gasteiger partial charge in [-0.25, -0.2) is 0 Å². The molecule has 0 aliphatic carbocycles. The number of rotatable bonds is 7. The average Bonchev–Trinajstić information content (AvgIpc) is 3.29. The molecule has 0 unspecified atom stereocenters. The molecule has 0 atom stereocenters. The Kier molecular flexibility index (Phi) is 11.2. The van der Waals surface area contributed by atoms with Gasteiger partial charge in [-0.2, -0.15) is 0 Å². The number of hydrogen-bond acceptors (Lipinski definition) is 1. The third kappa shape index (κ3) is 7.57. The molecule has 3 heteroatoms. The lowest BCUT2D eigenvalue weighted by atomic mass is 9.34. The van der Waals surface area contributed by atoms with Crippen LogP contribution in [0.4, 0.5) is 0 Å². The van der Waals surface area contributed by atoms with Crippen molar-refractivity contribution in [2.24, 2.45) is 0 Å². The van der Waals surface area contributed by atoms with Crippen LogP contribution >= 0.6 is 11.8 Å². The van der Waals surface area contributed by atoms with Crippen LogP contribution in [-0.4, -0.2) is 13.4 Å². The molecule has 0 amide bonds. The van der Waals surface area contributed by atoms with Gasteiger partial charge < -0.3 is 0 Å². The van der Waals surface area contributed by atoms with Gasteiger partial charge in [-0.15, -0.1) is 0 Å². The van der Waals surface area contributed by atoms with Gasteiger partial charge in [0.1, 0.15) is 0 Å². The maximum absolute atomic E-state index is 2.52. The van der Waals surface area contributed by atoms with Crippen LogP contribution in [0.5, 0.6) is 0 Å². The summed E-state index contributed by atoms with van der Waals surface area (Å²) < 4.78 is 0. The highest BCUT2D eigenvalue weighted by atomic mass is 32.2. The van der Waals surface area contributed by atoms with E-state index in [2.05, 4.69) is 229 Å². The molecule has 0 aromatic heterocycles. The first-order chi connectivity index (χ1) is 33.1. The zero-order valence-electron chi connectivity index (χ0n) is 42.4. The summed E-state index contributed by atoms with van der Waals surface area (Å²) in [6, 6.07) is 56.9. The molecular formula is C66H60B2S. The minimum atomic E-state index is 0.125. The van der Waals surface area contributed by atoms with Gasteiger partial charge in [-0.3, -0.25) is 0 Å². The summed E-state index contributed by atoms with van der Waals surface area (Å²) in [5.41, 5.74) is 29.6. The topological polar surface area (TPSA) is 0 Å². The van der Waals surface area contributed by atoms with E-state index in [0.717, 1.165) is 0 Å². The molecule has 1 aliphatic rings. The number of fused-ring (bicyclic) bond motifs is 6. The highest BCUT2D eigenvalue weighted by Crippen LogP contribution is 2.51. The van der Waals surface area contributed by atoms with Crippen molar-refractivity contribution >= 4 is 90.3 Å². The molecule has 1 heterocycles. The van der Waals surface area contributed by atoms with Crippen LogP contribution in [0, 0.1) is 83.1 Å². The third-order valence-corrected chi connectivity index (χ3v) is 16.6. The Balaban J connectivity index is 1.07. The molecule has 0 bridgehead atoms. The van der Waals surface area contributed by atoms with E-state index < -0.39 is 0 Å². The fraction of sp³-hybridized carbons (Fsp3) is 0.182. The van der Waals surface area contributed by atoms with Crippen molar-refractivity contribution in [1.82, 2.24) is 0 Å². The lowest BCUT2D eigenvalue weighted by Gasteiger charge is -2.27. The Morgan fingerprint density at radius 3 is 1.19 bits per heavy atom.